The van der Waals surface area contributed by atoms with Crippen LogP contribution in [0.4, 0.5) is 0 Å². The number of aromatic nitrogens is 1. The van der Waals surface area contributed by atoms with Crippen LogP contribution in [0.3, 0.4) is 0 Å². The Morgan fingerprint density at radius 1 is 1.21 bits per heavy atom. The number of hydrogen-bond acceptors (Lipinski definition) is 5. The van der Waals surface area contributed by atoms with Crippen LogP contribution in [0.15, 0.2) is 54.7 Å². The van der Waals surface area contributed by atoms with Crippen molar-refractivity contribution >= 4 is 28.9 Å². The molecule has 1 aromatic heterocycles. The highest BCUT2D eigenvalue weighted by Gasteiger charge is 2.07. The molecule has 0 saturated carbocycles. The second-order valence-electron chi connectivity index (χ2n) is 6.33. The number of carbonyl (C=O) groups excluding carboxylic acids is 2. The maximum absolute atomic E-state index is 11.9. The number of para-hydroxylation sites is 1. The van der Waals surface area contributed by atoms with Gasteiger partial charge >= 0.3 is 5.97 Å². The minimum absolute atomic E-state index is 0.0107. The molecular formula is C22H22N2O5. The smallest absolute Gasteiger partial charge is 0.331 e. The average molecular weight is 394 g/mol. The van der Waals surface area contributed by atoms with Gasteiger partial charge in [-0.25, -0.2) is 4.79 Å². The Labute approximate surface area is 168 Å². The van der Waals surface area contributed by atoms with Gasteiger partial charge in [-0.05, 0) is 41.8 Å². The van der Waals surface area contributed by atoms with E-state index in [2.05, 4.69) is 10.3 Å². The fourth-order valence-corrected chi connectivity index (χ4v) is 2.87. The fraction of sp³-hybridized carbons (Fsp3) is 0.182. The molecule has 3 N–H and O–H groups in total. The van der Waals surface area contributed by atoms with Crippen LogP contribution in [0.5, 0.6) is 11.5 Å². The first-order chi connectivity index (χ1) is 14.1. The number of aromatic hydroxyl groups is 1. The molecule has 0 atom stereocenters. The number of ether oxygens (including phenoxy) is 2. The zero-order chi connectivity index (χ0) is 20.6. The van der Waals surface area contributed by atoms with E-state index >= 15 is 0 Å². The first-order valence-electron chi connectivity index (χ1n) is 9.10. The molecular weight excluding hydrogens is 372 g/mol. The Hall–Kier alpha value is -3.74. The second kappa shape index (κ2) is 9.45. The summed E-state index contributed by atoms with van der Waals surface area (Å²) in [4.78, 5) is 26.8. The zero-order valence-electron chi connectivity index (χ0n) is 16.0. The topological polar surface area (TPSA) is 101 Å². The lowest BCUT2D eigenvalue weighted by atomic mass is 10.1. The molecule has 7 nitrogen and oxygen atoms in total. The summed E-state index contributed by atoms with van der Waals surface area (Å²) >= 11 is 0. The van der Waals surface area contributed by atoms with Gasteiger partial charge in [0.05, 0.1) is 7.11 Å². The van der Waals surface area contributed by atoms with E-state index in [0.717, 1.165) is 16.5 Å². The molecule has 0 saturated heterocycles. The lowest BCUT2D eigenvalue weighted by molar-refractivity contribution is -0.143. The van der Waals surface area contributed by atoms with E-state index in [1.807, 2.05) is 30.5 Å². The predicted molar refractivity (Wildman–Crippen MR) is 110 cm³/mol. The summed E-state index contributed by atoms with van der Waals surface area (Å²) in [7, 11) is 1.44. The number of H-pyrrole nitrogens is 1. The molecule has 0 fully saturated rings. The molecule has 0 bridgehead atoms. The summed E-state index contributed by atoms with van der Waals surface area (Å²) in [5, 5.41) is 13.4. The molecule has 0 spiro atoms. The van der Waals surface area contributed by atoms with Gasteiger partial charge in [-0.2, -0.15) is 0 Å². The number of nitrogens with one attached hydrogen (secondary N) is 2. The third-order valence-electron chi connectivity index (χ3n) is 4.35. The van der Waals surface area contributed by atoms with Crippen molar-refractivity contribution in [3.63, 3.8) is 0 Å². The number of phenols is 1. The van der Waals surface area contributed by atoms with Gasteiger partial charge in [0.2, 0.25) is 0 Å². The van der Waals surface area contributed by atoms with Crippen LogP contribution < -0.4 is 10.1 Å². The molecule has 150 valence electrons. The van der Waals surface area contributed by atoms with E-state index in [1.165, 1.54) is 25.3 Å². The number of fused-ring (bicyclic) bond motifs is 1. The summed E-state index contributed by atoms with van der Waals surface area (Å²) in [5.41, 5.74) is 2.82. The molecule has 0 aliphatic carbocycles. The number of esters is 1. The number of amides is 1. The molecule has 3 rings (SSSR count). The maximum atomic E-state index is 11.9. The van der Waals surface area contributed by atoms with Crippen molar-refractivity contribution in [2.75, 3.05) is 20.3 Å². The monoisotopic (exact) mass is 394 g/mol. The summed E-state index contributed by atoms with van der Waals surface area (Å²) in [5.74, 6) is -0.687. The first-order valence-corrected chi connectivity index (χ1v) is 9.10. The molecule has 1 amide bonds. The molecule has 29 heavy (non-hydrogen) atoms. The Morgan fingerprint density at radius 3 is 2.86 bits per heavy atom. The predicted octanol–water partition coefficient (Wildman–Crippen LogP) is 2.80. The van der Waals surface area contributed by atoms with Gasteiger partial charge in [0.25, 0.3) is 5.91 Å². The number of aromatic amines is 1. The molecule has 3 aromatic rings. The normalized spacial score (nSPS) is 10.9. The summed E-state index contributed by atoms with van der Waals surface area (Å²) in [6, 6.07) is 12.6. The van der Waals surface area contributed by atoms with Gasteiger partial charge in [-0.15, -0.1) is 0 Å². The Bertz CT molecular complexity index is 1040. The number of hydrogen-bond donors (Lipinski definition) is 3. The van der Waals surface area contributed by atoms with E-state index in [-0.39, 0.29) is 18.3 Å². The minimum atomic E-state index is -0.635. The second-order valence-corrected chi connectivity index (χ2v) is 6.33. The molecule has 0 unspecified atom stereocenters. The van der Waals surface area contributed by atoms with Crippen LogP contribution >= 0.6 is 0 Å². The summed E-state index contributed by atoms with van der Waals surface area (Å²) < 4.78 is 9.94. The van der Waals surface area contributed by atoms with Crippen LogP contribution in [0.2, 0.25) is 0 Å². The Balaban J connectivity index is 1.41. The molecule has 0 aliphatic heterocycles. The number of rotatable bonds is 8. The van der Waals surface area contributed by atoms with Crippen molar-refractivity contribution in [1.29, 1.82) is 0 Å². The van der Waals surface area contributed by atoms with E-state index in [9.17, 15) is 14.7 Å². The lowest BCUT2D eigenvalue weighted by Gasteiger charge is -2.05. The van der Waals surface area contributed by atoms with Gasteiger partial charge in [0.15, 0.2) is 18.1 Å². The zero-order valence-corrected chi connectivity index (χ0v) is 16.0. The van der Waals surface area contributed by atoms with E-state index in [1.54, 1.807) is 12.1 Å². The van der Waals surface area contributed by atoms with Gasteiger partial charge in [0.1, 0.15) is 0 Å². The SMILES string of the molecule is COc1cc(/C=C/C(=O)OCC(=O)NCCc2c[nH]c3ccccc23)ccc1O. The third kappa shape index (κ3) is 5.38. The molecule has 7 heteroatoms. The maximum Gasteiger partial charge on any atom is 0.331 e. The van der Waals surface area contributed by atoms with Crippen LogP contribution in [0.25, 0.3) is 17.0 Å². The molecule has 2 aromatic carbocycles. The standard InChI is InChI=1S/C22H22N2O5/c1-28-20-12-15(6-8-19(20)25)7-9-22(27)29-14-21(26)23-11-10-16-13-24-18-5-3-2-4-17(16)18/h2-9,12-13,24-25H,10-11,14H2,1H3,(H,23,26)/b9-7+. The van der Waals surface area contributed by atoms with Gasteiger partial charge in [-0.1, -0.05) is 24.3 Å². The highest BCUT2D eigenvalue weighted by molar-refractivity contribution is 5.89. The largest absolute Gasteiger partial charge is 0.504 e. The Morgan fingerprint density at radius 2 is 2.03 bits per heavy atom. The van der Waals surface area contributed by atoms with Gasteiger partial charge in [-0.3, -0.25) is 4.79 Å². The van der Waals surface area contributed by atoms with Crippen LogP contribution in [-0.4, -0.2) is 42.2 Å². The average Bonchev–Trinajstić information content (AvgIpc) is 3.15. The van der Waals surface area contributed by atoms with E-state index in [4.69, 9.17) is 9.47 Å². The number of phenolic OH excluding ortho intramolecular Hbond substituents is 1. The third-order valence-corrected chi connectivity index (χ3v) is 4.35. The van der Waals surface area contributed by atoms with Crippen molar-refractivity contribution in [2.24, 2.45) is 0 Å². The number of carbonyl (C=O) groups is 2. The van der Waals surface area contributed by atoms with E-state index in [0.29, 0.717) is 24.3 Å². The van der Waals surface area contributed by atoms with Crippen molar-refractivity contribution < 1.29 is 24.2 Å². The van der Waals surface area contributed by atoms with Crippen molar-refractivity contribution in [3.05, 3.63) is 65.9 Å². The van der Waals surface area contributed by atoms with Gasteiger partial charge in [0, 0.05) is 29.7 Å². The lowest BCUT2D eigenvalue weighted by Crippen LogP contribution is -2.30. The highest BCUT2D eigenvalue weighted by Crippen LogP contribution is 2.26. The minimum Gasteiger partial charge on any atom is -0.504 e. The molecule has 0 aliphatic rings. The number of methoxy groups -OCH3 is 1. The van der Waals surface area contributed by atoms with Crippen molar-refractivity contribution in [3.8, 4) is 11.5 Å². The van der Waals surface area contributed by atoms with Crippen LogP contribution in [0.1, 0.15) is 11.1 Å². The Kier molecular flexibility index (Phi) is 6.52. The summed E-state index contributed by atoms with van der Waals surface area (Å²) in [6.45, 7) is 0.0946. The van der Waals surface area contributed by atoms with Crippen LogP contribution in [-0.2, 0) is 20.7 Å². The quantitative estimate of drug-likeness (QED) is 0.403. The van der Waals surface area contributed by atoms with E-state index < -0.39 is 5.97 Å². The molecule has 0 radical (unpaired) electrons. The molecule has 1 heterocycles. The van der Waals surface area contributed by atoms with Gasteiger partial charge < -0.3 is 24.9 Å². The summed E-state index contributed by atoms with van der Waals surface area (Å²) in [6.07, 6.45) is 5.33. The van der Waals surface area contributed by atoms with Crippen LogP contribution in [0, 0.1) is 0 Å². The first kappa shape index (κ1) is 20.0. The van der Waals surface area contributed by atoms with Crippen molar-refractivity contribution in [2.45, 2.75) is 6.42 Å². The highest BCUT2D eigenvalue weighted by atomic mass is 16.5. The number of benzene rings is 2. The van der Waals surface area contributed by atoms with Crippen molar-refractivity contribution in [1.82, 2.24) is 10.3 Å². The fourth-order valence-electron chi connectivity index (χ4n) is 2.87.